The Bertz CT molecular complexity index is 505. The molecule has 4 atom stereocenters. The number of esters is 2. The molecule has 1 saturated carbocycles. The number of unbranched alkanes of at least 4 members (excludes halogenated alkanes) is 2. The maximum atomic E-state index is 12.9. The normalized spacial score (nSPS) is 26.6. The van der Waals surface area contributed by atoms with Crippen molar-refractivity contribution in [3.05, 3.63) is 0 Å². The van der Waals surface area contributed by atoms with Crippen LogP contribution in [0.25, 0.3) is 0 Å². The molecule has 2 rings (SSSR count). The number of rotatable bonds is 12. The van der Waals surface area contributed by atoms with Crippen molar-refractivity contribution in [2.45, 2.75) is 105 Å². The van der Waals surface area contributed by atoms with Crippen LogP contribution in [0.15, 0.2) is 0 Å². The summed E-state index contributed by atoms with van der Waals surface area (Å²) in [4.78, 5) is 25.7. The van der Waals surface area contributed by atoms with Crippen LogP contribution in [0.1, 0.15) is 92.9 Å². The third-order valence-electron chi connectivity index (χ3n) is 6.38. The topological polar surface area (TPSA) is 65.1 Å². The van der Waals surface area contributed by atoms with Gasteiger partial charge in [0.05, 0.1) is 37.3 Å². The van der Waals surface area contributed by atoms with Gasteiger partial charge in [-0.3, -0.25) is 9.59 Å². The van der Waals surface area contributed by atoms with Gasteiger partial charge in [0.15, 0.2) is 0 Å². The van der Waals surface area contributed by atoms with Crippen LogP contribution in [0.2, 0.25) is 0 Å². The highest BCUT2D eigenvalue weighted by molar-refractivity contribution is 5.82. The third-order valence-corrected chi connectivity index (χ3v) is 6.38. The van der Waals surface area contributed by atoms with Crippen LogP contribution in [0.3, 0.4) is 0 Å². The molecule has 5 heteroatoms. The van der Waals surface area contributed by atoms with Gasteiger partial charge in [0.25, 0.3) is 0 Å². The second-order valence-electron chi connectivity index (χ2n) is 10.6. The van der Waals surface area contributed by atoms with Crippen LogP contribution in [0, 0.1) is 22.7 Å². The van der Waals surface area contributed by atoms with E-state index in [9.17, 15) is 9.59 Å². The minimum Gasteiger partial charge on any atom is -0.465 e. The summed E-state index contributed by atoms with van der Waals surface area (Å²) in [6, 6.07) is 0. The number of hydrogen-bond acceptors (Lipinski definition) is 5. The van der Waals surface area contributed by atoms with E-state index in [0.29, 0.717) is 26.1 Å². The van der Waals surface area contributed by atoms with Crippen molar-refractivity contribution in [2.24, 2.45) is 22.7 Å². The standard InChI is InChI=1S/C24H42O5/c1-7-9-11-23(3,4)15-27-21(25)17-13-19-20(29-19)14-18(17)22(26)28-16-24(5,6)12-10-8-2/h17-20H,7-16H2,1-6H3. The van der Waals surface area contributed by atoms with Gasteiger partial charge in [0, 0.05) is 0 Å². The van der Waals surface area contributed by atoms with E-state index in [1.807, 2.05) is 0 Å². The molecule has 1 saturated heterocycles. The lowest BCUT2D eigenvalue weighted by Gasteiger charge is -2.30. The van der Waals surface area contributed by atoms with E-state index in [1.165, 1.54) is 0 Å². The van der Waals surface area contributed by atoms with Crippen LogP contribution in [0.5, 0.6) is 0 Å². The lowest BCUT2D eigenvalue weighted by molar-refractivity contribution is -0.165. The predicted octanol–water partition coefficient (Wildman–Crippen LogP) is 5.30. The Balaban J connectivity index is 1.91. The third kappa shape index (κ3) is 7.58. The average molecular weight is 411 g/mol. The van der Waals surface area contributed by atoms with Gasteiger partial charge in [0.1, 0.15) is 0 Å². The van der Waals surface area contributed by atoms with E-state index in [4.69, 9.17) is 14.2 Å². The molecule has 0 radical (unpaired) electrons. The van der Waals surface area contributed by atoms with E-state index in [2.05, 4.69) is 41.5 Å². The van der Waals surface area contributed by atoms with Crippen LogP contribution in [0.4, 0.5) is 0 Å². The zero-order chi connectivity index (χ0) is 21.7. The highest BCUT2D eigenvalue weighted by atomic mass is 16.6. The molecule has 5 nitrogen and oxygen atoms in total. The molecule has 2 aliphatic rings. The quantitative estimate of drug-likeness (QED) is 0.323. The Morgan fingerprint density at radius 1 is 0.793 bits per heavy atom. The molecule has 0 amide bonds. The molecule has 0 aromatic rings. The van der Waals surface area contributed by atoms with Crippen molar-refractivity contribution in [1.82, 2.24) is 0 Å². The van der Waals surface area contributed by atoms with Crippen molar-refractivity contribution < 1.29 is 23.8 Å². The van der Waals surface area contributed by atoms with Gasteiger partial charge in [-0.2, -0.15) is 0 Å². The minimum atomic E-state index is -0.452. The van der Waals surface area contributed by atoms with Crippen LogP contribution < -0.4 is 0 Å². The number of hydrogen-bond donors (Lipinski definition) is 0. The summed E-state index contributed by atoms with van der Waals surface area (Å²) in [7, 11) is 0. The number of fused-ring (bicyclic) bond motifs is 1. The first-order chi connectivity index (χ1) is 13.6. The summed E-state index contributed by atoms with van der Waals surface area (Å²) >= 11 is 0. The Morgan fingerprint density at radius 2 is 1.17 bits per heavy atom. The summed E-state index contributed by atoms with van der Waals surface area (Å²) < 4.78 is 17.0. The zero-order valence-corrected chi connectivity index (χ0v) is 19.4. The molecule has 0 spiro atoms. The predicted molar refractivity (Wildman–Crippen MR) is 113 cm³/mol. The highest BCUT2D eigenvalue weighted by Gasteiger charge is 2.53. The molecule has 0 N–H and O–H groups in total. The van der Waals surface area contributed by atoms with Crippen molar-refractivity contribution >= 4 is 11.9 Å². The SMILES string of the molecule is CCCCC(C)(C)COC(=O)C1CC2OC2CC1C(=O)OCC(C)(C)CCCC. The summed E-state index contributed by atoms with van der Waals surface area (Å²) in [6.07, 6.45) is 7.88. The van der Waals surface area contributed by atoms with Gasteiger partial charge in [-0.05, 0) is 36.5 Å². The molecule has 1 aliphatic carbocycles. The molecular formula is C24H42O5. The van der Waals surface area contributed by atoms with Crippen molar-refractivity contribution in [1.29, 1.82) is 0 Å². The number of ether oxygens (including phenoxy) is 3. The van der Waals surface area contributed by atoms with E-state index in [1.54, 1.807) is 0 Å². The molecule has 4 unspecified atom stereocenters. The number of epoxide rings is 1. The average Bonchev–Trinajstić information content (AvgIpc) is 3.45. The fourth-order valence-corrected chi connectivity index (χ4v) is 4.15. The maximum absolute atomic E-state index is 12.9. The van der Waals surface area contributed by atoms with Crippen molar-refractivity contribution in [2.75, 3.05) is 13.2 Å². The van der Waals surface area contributed by atoms with Crippen molar-refractivity contribution in [3.8, 4) is 0 Å². The molecule has 1 aliphatic heterocycles. The molecule has 2 fully saturated rings. The number of carbonyl (C=O) groups excluding carboxylic acids is 2. The Kier molecular flexibility index (Phi) is 8.57. The van der Waals surface area contributed by atoms with Gasteiger partial charge < -0.3 is 14.2 Å². The molecule has 0 aromatic carbocycles. The largest absolute Gasteiger partial charge is 0.465 e. The first-order valence-electron chi connectivity index (χ1n) is 11.6. The van der Waals surface area contributed by atoms with Crippen LogP contribution >= 0.6 is 0 Å². The van der Waals surface area contributed by atoms with Gasteiger partial charge >= 0.3 is 11.9 Å². The van der Waals surface area contributed by atoms with Gasteiger partial charge in [-0.1, -0.05) is 67.2 Å². The summed E-state index contributed by atoms with van der Waals surface area (Å²) in [5.41, 5.74) is -0.0868. The second kappa shape index (κ2) is 10.3. The Morgan fingerprint density at radius 3 is 1.52 bits per heavy atom. The lowest BCUT2D eigenvalue weighted by Crippen LogP contribution is -2.39. The maximum Gasteiger partial charge on any atom is 0.309 e. The smallest absolute Gasteiger partial charge is 0.309 e. The molecule has 29 heavy (non-hydrogen) atoms. The molecule has 0 bridgehead atoms. The van der Waals surface area contributed by atoms with Crippen LogP contribution in [-0.4, -0.2) is 37.4 Å². The van der Waals surface area contributed by atoms with E-state index < -0.39 is 11.8 Å². The van der Waals surface area contributed by atoms with Crippen molar-refractivity contribution in [3.63, 3.8) is 0 Å². The Hall–Kier alpha value is -1.10. The summed E-state index contributed by atoms with van der Waals surface area (Å²) in [5.74, 6) is -1.44. The minimum absolute atomic E-state index is 0.0434. The molecular weight excluding hydrogens is 368 g/mol. The summed E-state index contributed by atoms with van der Waals surface area (Å²) in [5, 5.41) is 0. The van der Waals surface area contributed by atoms with Gasteiger partial charge in [-0.15, -0.1) is 0 Å². The fraction of sp³-hybridized carbons (Fsp3) is 0.917. The first-order valence-corrected chi connectivity index (χ1v) is 11.6. The summed E-state index contributed by atoms with van der Waals surface area (Å²) in [6.45, 7) is 13.6. The van der Waals surface area contributed by atoms with Gasteiger partial charge in [-0.25, -0.2) is 0 Å². The molecule has 168 valence electrons. The fourth-order valence-electron chi connectivity index (χ4n) is 4.15. The molecule has 0 aromatic heterocycles. The zero-order valence-electron chi connectivity index (χ0n) is 19.4. The Labute approximate surface area is 177 Å². The van der Waals surface area contributed by atoms with Gasteiger partial charge in [0.2, 0.25) is 0 Å². The lowest BCUT2D eigenvalue weighted by atomic mass is 9.79. The number of carbonyl (C=O) groups is 2. The first kappa shape index (κ1) is 24.2. The monoisotopic (exact) mass is 410 g/mol. The van der Waals surface area contributed by atoms with E-state index in [-0.39, 0.29) is 35.0 Å². The van der Waals surface area contributed by atoms with Crippen LogP contribution in [-0.2, 0) is 23.8 Å². The van der Waals surface area contributed by atoms with E-state index in [0.717, 1.165) is 38.5 Å². The van der Waals surface area contributed by atoms with E-state index >= 15 is 0 Å². The highest BCUT2D eigenvalue weighted by Crippen LogP contribution is 2.44. The second-order valence-corrected chi connectivity index (χ2v) is 10.6. The molecule has 1 heterocycles.